The van der Waals surface area contributed by atoms with E-state index in [1.807, 2.05) is 0 Å². The monoisotopic (exact) mass is 181 g/mol. The fourth-order valence-electron chi connectivity index (χ4n) is 2.08. The zero-order valence-corrected chi connectivity index (χ0v) is 8.37. The summed E-state index contributed by atoms with van der Waals surface area (Å²) in [6.45, 7) is 0.856. The molecule has 0 heterocycles. The lowest BCUT2D eigenvalue weighted by atomic mass is 9.90. The van der Waals surface area contributed by atoms with Crippen molar-refractivity contribution >= 4 is 0 Å². The van der Waals surface area contributed by atoms with Gasteiger partial charge in [0.2, 0.25) is 0 Å². The molecule has 0 aromatic rings. The fraction of sp³-hybridized carbons (Fsp3) is 0.900. The average molecular weight is 181 g/mol. The zero-order chi connectivity index (χ0) is 9.68. The van der Waals surface area contributed by atoms with E-state index >= 15 is 0 Å². The van der Waals surface area contributed by atoms with Gasteiger partial charge >= 0.3 is 0 Å². The Morgan fingerprint density at radius 1 is 1.46 bits per heavy atom. The number of hydrogen-bond acceptors (Lipinski definition) is 3. The third-order valence-electron chi connectivity index (χ3n) is 2.92. The van der Waals surface area contributed by atoms with Crippen LogP contribution in [0.2, 0.25) is 0 Å². The Morgan fingerprint density at radius 3 is 2.77 bits per heavy atom. The number of nitrogens with zero attached hydrogens (tertiary/aromatic N) is 2. The van der Waals surface area contributed by atoms with E-state index in [9.17, 15) is 0 Å². The van der Waals surface area contributed by atoms with Gasteiger partial charge in [-0.3, -0.25) is 0 Å². The van der Waals surface area contributed by atoms with Crippen LogP contribution in [0.3, 0.4) is 0 Å². The van der Waals surface area contributed by atoms with Crippen molar-refractivity contribution in [2.75, 3.05) is 13.6 Å². The number of nitriles is 1. The summed E-state index contributed by atoms with van der Waals surface area (Å²) >= 11 is 0. The second-order valence-corrected chi connectivity index (χ2v) is 3.90. The van der Waals surface area contributed by atoms with Crippen LogP contribution in [-0.4, -0.2) is 30.6 Å². The maximum Gasteiger partial charge on any atom is 0.0635 e. The minimum atomic E-state index is 0.317. The van der Waals surface area contributed by atoms with E-state index in [-0.39, 0.29) is 0 Å². The highest BCUT2D eigenvalue weighted by atomic mass is 15.1. The van der Waals surface area contributed by atoms with Gasteiger partial charge in [0, 0.05) is 25.0 Å². The van der Waals surface area contributed by atoms with E-state index < -0.39 is 0 Å². The Labute approximate surface area is 80.5 Å². The first kappa shape index (κ1) is 10.5. The van der Waals surface area contributed by atoms with E-state index in [0.717, 1.165) is 13.0 Å². The first-order valence-corrected chi connectivity index (χ1v) is 5.08. The van der Waals surface area contributed by atoms with Gasteiger partial charge in [0.25, 0.3) is 0 Å². The predicted molar refractivity (Wildman–Crippen MR) is 53.1 cm³/mol. The second-order valence-electron chi connectivity index (χ2n) is 3.90. The van der Waals surface area contributed by atoms with Crippen molar-refractivity contribution in [1.82, 2.24) is 4.90 Å². The van der Waals surface area contributed by atoms with Gasteiger partial charge in [-0.15, -0.1) is 0 Å². The molecule has 2 N–H and O–H groups in total. The molecule has 1 rings (SSSR count). The molecule has 2 unspecified atom stereocenters. The van der Waals surface area contributed by atoms with Crippen LogP contribution in [0.25, 0.3) is 0 Å². The summed E-state index contributed by atoms with van der Waals surface area (Å²) in [5.41, 5.74) is 6.03. The van der Waals surface area contributed by atoms with Crippen molar-refractivity contribution in [1.29, 1.82) is 5.26 Å². The number of likely N-dealkylation sites (N-methyl/N-ethyl adjacent to an activating group) is 1. The molecule has 0 aromatic heterocycles. The summed E-state index contributed by atoms with van der Waals surface area (Å²) in [4.78, 5) is 2.24. The molecule has 0 aliphatic heterocycles. The molecule has 0 amide bonds. The molecule has 1 aliphatic carbocycles. The number of rotatable bonds is 3. The highest BCUT2D eigenvalue weighted by Crippen LogP contribution is 2.20. The van der Waals surface area contributed by atoms with Crippen molar-refractivity contribution in [2.45, 2.75) is 44.2 Å². The van der Waals surface area contributed by atoms with Gasteiger partial charge < -0.3 is 10.6 Å². The summed E-state index contributed by atoms with van der Waals surface area (Å²) in [6, 6.07) is 2.99. The largest absolute Gasteiger partial charge is 0.326 e. The van der Waals surface area contributed by atoms with Crippen LogP contribution in [0, 0.1) is 11.3 Å². The maximum atomic E-state index is 8.47. The van der Waals surface area contributed by atoms with Crippen LogP contribution < -0.4 is 5.73 Å². The molecule has 0 bridgehead atoms. The molecule has 1 aliphatic rings. The Bertz CT molecular complexity index is 185. The molecule has 2 atom stereocenters. The first-order valence-electron chi connectivity index (χ1n) is 5.08. The van der Waals surface area contributed by atoms with Gasteiger partial charge in [0.1, 0.15) is 0 Å². The molecule has 3 heteroatoms. The van der Waals surface area contributed by atoms with Gasteiger partial charge in [-0.2, -0.15) is 5.26 Å². The van der Waals surface area contributed by atoms with Crippen molar-refractivity contribution in [3.05, 3.63) is 0 Å². The smallest absolute Gasteiger partial charge is 0.0635 e. The molecule has 0 aromatic carbocycles. The summed E-state index contributed by atoms with van der Waals surface area (Å²) in [5, 5.41) is 8.47. The van der Waals surface area contributed by atoms with Crippen LogP contribution in [0.5, 0.6) is 0 Å². The van der Waals surface area contributed by atoms with Crippen molar-refractivity contribution in [3.8, 4) is 6.07 Å². The lowest BCUT2D eigenvalue weighted by molar-refractivity contribution is 0.172. The van der Waals surface area contributed by atoms with Crippen molar-refractivity contribution < 1.29 is 0 Å². The minimum absolute atomic E-state index is 0.317. The first-order chi connectivity index (χ1) is 6.25. The Kier molecular flexibility index (Phi) is 4.20. The van der Waals surface area contributed by atoms with Crippen LogP contribution in [0.1, 0.15) is 32.1 Å². The van der Waals surface area contributed by atoms with Gasteiger partial charge in [0.05, 0.1) is 6.07 Å². The minimum Gasteiger partial charge on any atom is -0.326 e. The molecule has 0 radical (unpaired) electrons. The maximum absolute atomic E-state index is 8.47. The van der Waals surface area contributed by atoms with Gasteiger partial charge in [-0.1, -0.05) is 12.8 Å². The quantitative estimate of drug-likeness (QED) is 0.709. The Morgan fingerprint density at radius 2 is 2.15 bits per heavy atom. The highest BCUT2D eigenvalue weighted by Gasteiger charge is 2.24. The summed E-state index contributed by atoms with van der Waals surface area (Å²) in [7, 11) is 2.08. The summed E-state index contributed by atoms with van der Waals surface area (Å²) < 4.78 is 0. The van der Waals surface area contributed by atoms with E-state index in [2.05, 4.69) is 18.0 Å². The molecule has 0 spiro atoms. The lowest BCUT2D eigenvalue weighted by Crippen LogP contribution is -2.48. The van der Waals surface area contributed by atoms with Crippen molar-refractivity contribution in [3.63, 3.8) is 0 Å². The third kappa shape index (κ3) is 2.98. The van der Waals surface area contributed by atoms with Gasteiger partial charge in [-0.05, 0) is 19.9 Å². The summed E-state index contributed by atoms with van der Waals surface area (Å²) in [5.74, 6) is 0. The van der Waals surface area contributed by atoms with E-state index in [0.29, 0.717) is 18.5 Å². The second kappa shape index (κ2) is 5.21. The topological polar surface area (TPSA) is 53.0 Å². The number of nitrogens with two attached hydrogens (primary N) is 1. The molecule has 1 saturated carbocycles. The SMILES string of the molecule is CN(CCC#N)C1CCCCC1N. The Hall–Kier alpha value is -0.590. The van der Waals surface area contributed by atoms with E-state index in [4.69, 9.17) is 11.0 Å². The van der Waals surface area contributed by atoms with Crippen LogP contribution in [0.15, 0.2) is 0 Å². The zero-order valence-electron chi connectivity index (χ0n) is 8.37. The molecule has 3 nitrogen and oxygen atoms in total. The van der Waals surface area contributed by atoms with E-state index in [1.54, 1.807) is 0 Å². The van der Waals surface area contributed by atoms with Crippen LogP contribution in [-0.2, 0) is 0 Å². The standard InChI is InChI=1S/C10H19N3/c1-13(8-4-7-11)10-6-3-2-5-9(10)12/h9-10H,2-6,8,12H2,1H3. The normalized spacial score (nSPS) is 28.8. The van der Waals surface area contributed by atoms with Crippen molar-refractivity contribution in [2.24, 2.45) is 5.73 Å². The Balaban J connectivity index is 2.35. The highest BCUT2D eigenvalue weighted by molar-refractivity contribution is 4.85. The number of hydrogen-bond donors (Lipinski definition) is 1. The predicted octanol–water partition coefficient (Wildman–Crippen LogP) is 1.10. The van der Waals surface area contributed by atoms with Gasteiger partial charge in [0.15, 0.2) is 0 Å². The molecule has 0 saturated heterocycles. The fourth-order valence-corrected chi connectivity index (χ4v) is 2.08. The summed E-state index contributed by atoms with van der Waals surface area (Å²) in [6.07, 6.45) is 5.50. The molecular formula is C10H19N3. The average Bonchev–Trinajstić information content (AvgIpc) is 2.15. The molecular weight excluding hydrogens is 162 g/mol. The van der Waals surface area contributed by atoms with Gasteiger partial charge in [-0.25, -0.2) is 0 Å². The third-order valence-corrected chi connectivity index (χ3v) is 2.92. The molecule has 13 heavy (non-hydrogen) atoms. The lowest BCUT2D eigenvalue weighted by Gasteiger charge is -2.35. The van der Waals surface area contributed by atoms with E-state index in [1.165, 1.54) is 19.3 Å². The molecule has 1 fully saturated rings. The molecule has 74 valence electrons. The van der Waals surface area contributed by atoms with Crippen LogP contribution in [0.4, 0.5) is 0 Å². The van der Waals surface area contributed by atoms with Crippen LogP contribution >= 0.6 is 0 Å².